The number of thiazole rings is 1. The monoisotopic (exact) mass is 292 g/mol. The van der Waals surface area contributed by atoms with Gasteiger partial charge >= 0.3 is 0 Å². The maximum atomic E-state index is 12.4. The Hall–Kier alpha value is -2.09. The van der Waals surface area contributed by atoms with E-state index in [1.54, 1.807) is 29.4 Å². The van der Waals surface area contributed by atoms with E-state index in [1.807, 2.05) is 5.38 Å². The van der Waals surface area contributed by atoms with E-state index in [0.717, 1.165) is 23.9 Å². The van der Waals surface area contributed by atoms with Crippen molar-refractivity contribution in [1.82, 2.24) is 20.1 Å². The number of aromatic nitrogens is 3. The van der Waals surface area contributed by atoms with Crippen molar-refractivity contribution in [1.29, 1.82) is 0 Å². The molecule has 1 amide bonds. The van der Waals surface area contributed by atoms with Crippen molar-refractivity contribution >= 4 is 28.1 Å². The van der Waals surface area contributed by atoms with Crippen molar-refractivity contribution in [2.24, 2.45) is 0 Å². The molecule has 0 bridgehead atoms. The fraction of sp³-hybridized carbons (Fsp3) is 0.417. The van der Waals surface area contributed by atoms with Gasteiger partial charge in [0.25, 0.3) is 5.91 Å². The highest BCUT2D eigenvalue weighted by atomic mass is 32.1. The third kappa shape index (κ3) is 2.22. The van der Waals surface area contributed by atoms with E-state index >= 15 is 0 Å². The van der Waals surface area contributed by atoms with Crippen LogP contribution in [-0.2, 0) is 0 Å². The van der Waals surface area contributed by atoms with E-state index in [9.17, 15) is 4.79 Å². The van der Waals surface area contributed by atoms with Crippen molar-refractivity contribution in [2.75, 3.05) is 36.8 Å². The highest BCUT2D eigenvalue weighted by Crippen LogP contribution is 2.20. The zero-order valence-corrected chi connectivity index (χ0v) is 12.0. The Kier molecular flexibility index (Phi) is 3.31. The van der Waals surface area contributed by atoms with E-state index in [4.69, 9.17) is 5.73 Å². The van der Waals surface area contributed by atoms with Gasteiger partial charge in [0.2, 0.25) is 0 Å². The number of nitrogens with one attached hydrogen (secondary N) is 1. The van der Waals surface area contributed by atoms with E-state index in [2.05, 4.69) is 20.1 Å². The van der Waals surface area contributed by atoms with Crippen LogP contribution in [0.1, 0.15) is 16.2 Å². The number of hydrogen-bond acceptors (Lipinski definition) is 6. The molecule has 1 aliphatic rings. The predicted molar refractivity (Wildman–Crippen MR) is 78.0 cm³/mol. The van der Waals surface area contributed by atoms with Crippen LogP contribution in [0.25, 0.3) is 0 Å². The van der Waals surface area contributed by atoms with Crippen LogP contribution in [-0.4, -0.2) is 52.2 Å². The second-order valence-corrected chi connectivity index (χ2v) is 5.58. The number of carbonyl (C=O) groups is 1. The van der Waals surface area contributed by atoms with Crippen molar-refractivity contribution in [2.45, 2.75) is 6.92 Å². The van der Waals surface area contributed by atoms with E-state index < -0.39 is 0 Å². The summed E-state index contributed by atoms with van der Waals surface area (Å²) in [5.41, 5.74) is 7.35. The number of aromatic amines is 1. The number of aryl methyl sites for hydroxylation is 1. The van der Waals surface area contributed by atoms with Gasteiger partial charge < -0.3 is 15.5 Å². The number of nitrogen functional groups attached to an aromatic ring is 1. The molecular weight excluding hydrogens is 276 g/mol. The van der Waals surface area contributed by atoms with Crippen LogP contribution in [0.5, 0.6) is 0 Å². The quantitative estimate of drug-likeness (QED) is 0.851. The van der Waals surface area contributed by atoms with Crippen molar-refractivity contribution in [3.05, 3.63) is 23.0 Å². The lowest BCUT2D eigenvalue weighted by Crippen LogP contribution is -2.49. The summed E-state index contributed by atoms with van der Waals surface area (Å²) in [5.74, 6) is -0.106. The molecular formula is C12H16N6OS. The van der Waals surface area contributed by atoms with Gasteiger partial charge in [-0.2, -0.15) is 5.10 Å². The normalized spacial score (nSPS) is 15.7. The van der Waals surface area contributed by atoms with Crippen LogP contribution in [0, 0.1) is 6.92 Å². The maximum Gasteiger partial charge on any atom is 0.276 e. The number of hydrogen-bond donors (Lipinski definition) is 2. The average molecular weight is 292 g/mol. The first-order valence-corrected chi connectivity index (χ1v) is 7.29. The SMILES string of the molecule is Cc1[nH]nc(C(=O)N2CCN(c3nccs3)CC2)c1N. The molecule has 3 N–H and O–H groups in total. The second-order valence-electron chi connectivity index (χ2n) is 4.70. The highest BCUT2D eigenvalue weighted by Gasteiger charge is 2.26. The number of H-pyrrole nitrogens is 1. The van der Waals surface area contributed by atoms with Gasteiger partial charge in [-0.1, -0.05) is 0 Å². The van der Waals surface area contributed by atoms with Crippen LogP contribution in [0.3, 0.4) is 0 Å². The molecule has 0 aromatic carbocycles. The molecule has 0 unspecified atom stereocenters. The Morgan fingerprint density at radius 2 is 2.15 bits per heavy atom. The Bertz CT molecular complexity index is 600. The fourth-order valence-electron chi connectivity index (χ4n) is 2.22. The molecule has 0 aliphatic carbocycles. The molecule has 8 heteroatoms. The zero-order valence-electron chi connectivity index (χ0n) is 11.2. The highest BCUT2D eigenvalue weighted by molar-refractivity contribution is 7.13. The van der Waals surface area contributed by atoms with Crippen LogP contribution in [0.2, 0.25) is 0 Å². The van der Waals surface area contributed by atoms with Gasteiger partial charge in [0.1, 0.15) is 0 Å². The fourth-order valence-corrected chi connectivity index (χ4v) is 2.92. The molecule has 3 heterocycles. The van der Waals surface area contributed by atoms with Crippen LogP contribution >= 0.6 is 11.3 Å². The summed E-state index contributed by atoms with van der Waals surface area (Å²) in [5, 5.41) is 9.71. The number of rotatable bonds is 2. The minimum atomic E-state index is -0.106. The lowest BCUT2D eigenvalue weighted by molar-refractivity contribution is 0.0742. The maximum absolute atomic E-state index is 12.4. The molecule has 2 aromatic rings. The lowest BCUT2D eigenvalue weighted by Gasteiger charge is -2.34. The molecule has 106 valence electrons. The van der Waals surface area contributed by atoms with Gasteiger partial charge in [0.15, 0.2) is 10.8 Å². The summed E-state index contributed by atoms with van der Waals surface area (Å²) in [4.78, 5) is 20.6. The van der Waals surface area contributed by atoms with Crippen LogP contribution < -0.4 is 10.6 Å². The van der Waals surface area contributed by atoms with Gasteiger partial charge in [-0.15, -0.1) is 11.3 Å². The molecule has 0 radical (unpaired) electrons. The molecule has 1 fully saturated rings. The molecule has 0 spiro atoms. The first-order valence-electron chi connectivity index (χ1n) is 6.41. The van der Waals surface area contributed by atoms with Crippen molar-refractivity contribution in [3.8, 4) is 0 Å². The van der Waals surface area contributed by atoms with E-state index in [1.165, 1.54) is 0 Å². The van der Waals surface area contributed by atoms with Gasteiger partial charge in [-0.25, -0.2) is 4.98 Å². The van der Waals surface area contributed by atoms with E-state index in [-0.39, 0.29) is 5.91 Å². The third-order valence-corrected chi connectivity index (χ3v) is 4.29. The minimum Gasteiger partial charge on any atom is -0.395 e. The zero-order chi connectivity index (χ0) is 14.1. The molecule has 2 aromatic heterocycles. The first kappa shape index (κ1) is 12.9. The molecule has 1 saturated heterocycles. The van der Waals surface area contributed by atoms with Gasteiger partial charge in [0.05, 0.1) is 11.4 Å². The average Bonchev–Trinajstić information content (AvgIpc) is 3.10. The lowest BCUT2D eigenvalue weighted by atomic mass is 10.2. The second kappa shape index (κ2) is 5.12. The number of piperazine rings is 1. The summed E-state index contributed by atoms with van der Waals surface area (Å²) in [6, 6.07) is 0. The van der Waals surface area contributed by atoms with Crippen LogP contribution in [0.4, 0.5) is 10.8 Å². The van der Waals surface area contributed by atoms with Gasteiger partial charge in [-0.05, 0) is 6.92 Å². The summed E-state index contributed by atoms with van der Waals surface area (Å²) in [6.45, 7) is 4.68. The Morgan fingerprint density at radius 3 is 2.70 bits per heavy atom. The number of nitrogens with zero attached hydrogens (tertiary/aromatic N) is 4. The molecule has 1 aliphatic heterocycles. The van der Waals surface area contributed by atoms with E-state index in [0.29, 0.717) is 24.5 Å². The third-order valence-electron chi connectivity index (χ3n) is 3.45. The Morgan fingerprint density at radius 1 is 1.40 bits per heavy atom. The number of anilines is 2. The molecule has 0 saturated carbocycles. The van der Waals surface area contributed by atoms with Gasteiger partial charge in [-0.3, -0.25) is 9.89 Å². The van der Waals surface area contributed by atoms with Crippen molar-refractivity contribution < 1.29 is 4.79 Å². The summed E-state index contributed by atoms with van der Waals surface area (Å²) in [7, 11) is 0. The number of nitrogens with two attached hydrogens (primary N) is 1. The smallest absolute Gasteiger partial charge is 0.276 e. The predicted octanol–water partition coefficient (Wildman–Crippen LogP) is 0.719. The summed E-state index contributed by atoms with van der Waals surface area (Å²) >= 11 is 1.62. The van der Waals surface area contributed by atoms with Gasteiger partial charge in [0, 0.05) is 37.8 Å². The van der Waals surface area contributed by atoms with Crippen molar-refractivity contribution in [3.63, 3.8) is 0 Å². The molecule has 7 nitrogen and oxygen atoms in total. The summed E-state index contributed by atoms with van der Waals surface area (Å²) in [6.07, 6.45) is 1.80. The largest absolute Gasteiger partial charge is 0.395 e. The van der Waals surface area contributed by atoms with Crippen LogP contribution in [0.15, 0.2) is 11.6 Å². The number of amides is 1. The topological polar surface area (TPSA) is 91.1 Å². The minimum absolute atomic E-state index is 0.106. The summed E-state index contributed by atoms with van der Waals surface area (Å²) < 4.78 is 0. The molecule has 3 rings (SSSR count). The first-order chi connectivity index (χ1) is 9.66. The number of carbonyl (C=O) groups excluding carboxylic acids is 1. The standard InChI is InChI=1S/C12H16N6OS/c1-8-9(13)10(16-15-8)11(19)17-3-5-18(6-4-17)12-14-2-7-20-12/h2,7H,3-6,13H2,1H3,(H,15,16). The Balaban J connectivity index is 1.66. The molecule has 20 heavy (non-hydrogen) atoms. The Labute approximate surface area is 120 Å². The molecule has 0 atom stereocenters.